The van der Waals surface area contributed by atoms with Crippen LogP contribution in [0.4, 0.5) is 0 Å². The fraction of sp³-hybridized carbons (Fsp3) is 0.889. The summed E-state index contributed by atoms with van der Waals surface area (Å²) in [6.45, 7) is 6.52. The molecule has 0 aliphatic carbocycles. The van der Waals surface area contributed by atoms with Crippen LogP contribution in [0, 0.1) is 0 Å². The fourth-order valence-corrected chi connectivity index (χ4v) is 1.41. The predicted molar refractivity (Wildman–Crippen MR) is 50.0 cm³/mol. The van der Waals surface area contributed by atoms with Gasteiger partial charge in [0.1, 0.15) is 0 Å². The van der Waals surface area contributed by atoms with Crippen molar-refractivity contribution in [1.82, 2.24) is 10.4 Å². The first kappa shape index (κ1) is 10.5. The van der Waals surface area contributed by atoms with Crippen molar-refractivity contribution < 1.29 is 9.63 Å². The SMILES string of the molecule is CCC(=O)ON1CCNCC1CC. The molecule has 1 N–H and O–H groups in total. The molecule has 4 nitrogen and oxygen atoms in total. The second-order valence-corrected chi connectivity index (χ2v) is 3.22. The Balaban J connectivity index is 2.40. The summed E-state index contributed by atoms with van der Waals surface area (Å²) in [6, 6.07) is 0.337. The van der Waals surface area contributed by atoms with Gasteiger partial charge in [-0.15, -0.1) is 5.06 Å². The Morgan fingerprint density at radius 2 is 2.38 bits per heavy atom. The van der Waals surface area contributed by atoms with Crippen molar-refractivity contribution in [1.29, 1.82) is 0 Å². The maximum absolute atomic E-state index is 11.1. The van der Waals surface area contributed by atoms with E-state index in [2.05, 4.69) is 12.2 Å². The minimum Gasteiger partial charge on any atom is -0.368 e. The third kappa shape index (κ3) is 2.97. The molecule has 1 fully saturated rings. The van der Waals surface area contributed by atoms with Crippen molar-refractivity contribution in [3.8, 4) is 0 Å². The quantitative estimate of drug-likeness (QED) is 0.698. The first-order valence-electron chi connectivity index (χ1n) is 4.96. The van der Waals surface area contributed by atoms with Gasteiger partial charge in [-0.2, -0.15) is 0 Å². The van der Waals surface area contributed by atoms with Gasteiger partial charge in [-0.1, -0.05) is 13.8 Å². The molecule has 1 aliphatic heterocycles. The molecule has 1 saturated heterocycles. The van der Waals surface area contributed by atoms with Crippen molar-refractivity contribution in [3.05, 3.63) is 0 Å². The zero-order valence-corrected chi connectivity index (χ0v) is 8.38. The van der Waals surface area contributed by atoms with Crippen LogP contribution in [-0.2, 0) is 9.63 Å². The largest absolute Gasteiger partial charge is 0.368 e. The highest BCUT2D eigenvalue weighted by molar-refractivity contribution is 5.68. The molecular weight excluding hydrogens is 168 g/mol. The minimum atomic E-state index is -0.139. The third-order valence-corrected chi connectivity index (χ3v) is 2.28. The van der Waals surface area contributed by atoms with E-state index in [4.69, 9.17) is 4.84 Å². The minimum absolute atomic E-state index is 0.139. The van der Waals surface area contributed by atoms with Gasteiger partial charge >= 0.3 is 5.97 Å². The predicted octanol–water partition coefficient (Wildman–Crippen LogP) is 0.538. The Labute approximate surface area is 79.2 Å². The van der Waals surface area contributed by atoms with E-state index in [0.29, 0.717) is 12.5 Å². The molecule has 0 spiro atoms. The third-order valence-electron chi connectivity index (χ3n) is 2.28. The molecule has 1 atom stereocenters. The second kappa shape index (κ2) is 5.19. The van der Waals surface area contributed by atoms with E-state index >= 15 is 0 Å². The lowest BCUT2D eigenvalue weighted by molar-refractivity contribution is -0.205. The fourth-order valence-electron chi connectivity index (χ4n) is 1.41. The monoisotopic (exact) mass is 186 g/mol. The molecule has 0 amide bonds. The Kier molecular flexibility index (Phi) is 4.18. The van der Waals surface area contributed by atoms with Crippen molar-refractivity contribution in [3.63, 3.8) is 0 Å². The summed E-state index contributed by atoms with van der Waals surface area (Å²) in [5, 5.41) is 5.08. The maximum Gasteiger partial charge on any atom is 0.324 e. The van der Waals surface area contributed by atoms with E-state index in [1.165, 1.54) is 0 Å². The molecular formula is C9H18N2O2. The molecule has 1 heterocycles. The Morgan fingerprint density at radius 3 is 3.00 bits per heavy atom. The molecule has 0 radical (unpaired) electrons. The molecule has 76 valence electrons. The van der Waals surface area contributed by atoms with Crippen molar-refractivity contribution in [2.24, 2.45) is 0 Å². The van der Waals surface area contributed by atoms with E-state index in [0.717, 1.165) is 26.1 Å². The van der Waals surface area contributed by atoms with Crippen LogP contribution in [0.2, 0.25) is 0 Å². The summed E-state index contributed by atoms with van der Waals surface area (Å²) in [4.78, 5) is 16.3. The molecule has 0 aromatic heterocycles. The number of hydroxylamine groups is 2. The highest BCUT2D eigenvalue weighted by Crippen LogP contribution is 2.08. The first-order chi connectivity index (χ1) is 6.27. The van der Waals surface area contributed by atoms with Crippen molar-refractivity contribution >= 4 is 5.97 Å². The zero-order valence-electron chi connectivity index (χ0n) is 8.38. The molecule has 1 rings (SSSR count). The molecule has 0 bridgehead atoms. The average Bonchev–Trinajstić information content (AvgIpc) is 2.18. The topological polar surface area (TPSA) is 41.6 Å². The number of nitrogens with one attached hydrogen (secondary N) is 1. The van der Waals surface area contributed by atoms with Gasteiger partial charge in [-0.3, -0.25) is 4.79 Å². The highest BCUT2D eigenvalue weighted by Gasteiger charge is 2.23. The Morgan fingerprint density at radius 1 is 1.62 bits per heavy atom. The molecule has 1 unspecified atom stereocenters. The van der Waals surface area contributed by atoms with Crippen LogP contribution in [0.3, 0.4) is 0 Å². The van der Waals surface area contributed by atoms with E-state index < -0.39 is 0 Å². The van der Waals surface area contributed by atoms with Gasteiger partial charge in [-0.05, 0) is 6.42 Å². The maximum atomic E-state index is 11.1. The van der Waals surface area contributed by atoms with Crippen LogP contribution in [0.1, 0.15) is 26.7 Å². The van der Waals surface area contributed by atoms with Crippen LogP contribution in [0.25, 0.3) is 0 Å². The van der Waals surface area contributed by atoms with E-state index in [1.807, 2.05) is 12.0 Å². The zero-order chi connectivity index (χ0) is 9.68. The Bertz CT molecular complexity index is 173. The van der Waals surface area contributed by atoms with E-state index in [-0.39, 0.29) is 5.97 Å². The smallest absolute Gasteiger partial charge is 0.324 e. The van der Waals surface area contributed by atoms with E-state index in [1.54, 1.807) is 0 Å². The van der Waals surface area contributed by atoms with Crippen LogP contribution in [-0.4, -0.2) is 36.7 Å². The lowest BCUT2D eigenvalue weighted by Crippen LogP contribution is -2.51. The number of carbonyl (C=O) groups excluding carboxylic acids is 1. The van der Waals surface area contributed by atoms with Crippen LogP contribution in [0.15, 0.2) is 0 Å². The van der Waals surface area contributed by atoms with Gasteiger partial charge in [0.05, 0.1) is 6.04 Å². The summed E-state index contributed by atoms with van der Waals surface area (Å²) in [6.07, 6.45) is 1.45. The van der Waals surface area contributed by atoms with Gasteiger partial charge in [0, 0.05) is 26.1 Å². The second-order valence-electron chi connectivity index (χ2n) is 3.22. The van der Waals surface area contributed by atoms with Gasteiger partial charge in [0.2, 0.25) is 0 Å². The summed E-state index contributed by atoms with van der Waals surface area (Å²) >= 11 is 0. The van der Waals surface area contributed by atoms with Crippen molar-refractivity contribution in [2.75, 3.05) is 19.6 Å². The van der Waals surface area contributed by atoms with E-state index in [9.17, 15) is 4.79 Å². The van der Waals surface area contributed by atoms with Gasteiger partial charge in [0.25, 0.3) is 0 Å². The number of carbonyl (C=O) groups is 1. The Hall–Kier alpha value is -0.610. The summed E-state index contributed by atoms with van der Waals surface area (Å²) in [5.74, 6) is -0.139. The summed E-state index contributed by atoms with van der Waals surface area (Å²) in [5.41, 5.74) is 0. The lowest BCUT2D eigenvalue weighted by Gasteiger charge is -2.33. The van der Waals surface area contributed by atoms with Gasteiger partial charge < -0.3 is 10.2 Å². The molecule has 0 aromatic rings. The molecule has 13 heavy (non-hydrogen) atoms. The molecule has 0 aromatic carbocycles. The standard InChI is InChI=1S/C9H18N2O2/c1-3-8-7-10-5-6-11(8)13-9(12)4-2/h8,10H,3-7H2,1-2H3. The highest BCUT2D eigenvalue weighted by atomic mass is 16.7. The van der Waals surface area contributed by atoms with Gasteiger partial charge in [0.15, 0.2) is 0 Å². The average molecular weight is 186 g/mol. The molecule has 1 aliphatic rings. The van der Waals surface area contributed by atoms with Crippen molar-refractivity contribution in [2.45, 2.75) is 32.7 Å². The summed E-state index contributed by atoms with van der Waals surface area (Å²) < 4.78 is 0. The molecule has 0 saturated carbocycles. The van der Waals surface area contributed by atoms with Crippen LogP contribution in [0.5, 0.6) is 0 Å². The first-order valence-corrected chi connectivity index (χ1v) is 4.96. The summed E-state index contributed by atoms with van der Waals surface area (Å²) in [7, 11) is 0. The number of hydrogen-bond acceptors (Lipinski definition) is 4. The number of nitrogens with zero attached hydrogens (tertiary/aromatic N) is 1. The van der Waals surface area contributed by atoms with Crippen LogP contribution < -0.4 is 5.32 Å². The molecule has 4 heteroatoms. The number of piperazine rings is 1. The number of hydrogen-bond donors (Lipinski definition) is 1. The normalized spacial score (nSPS) is 24.3. The van der Waals surface area contributed by atoms with Crippen LogP contribution >= 0.6 is 0 Å². The lowest BCUT2D eigenvalue weighted by atomic mass is 10.2. The van der Waals surface area contributed by atoms with Gasteiger partial charge in [-0.25, -0.2) is 0 Å². The number of rotatable bonds is 3.